The van der Waals surface area contributed by atoms with E-state index in [-0.39, 0.29) is 0 Å². The molecule has 0 aliphatic carbocycles. The van der Waals surface area contributed by atoms with Gasteiger partial charge in [-0.1, -0.05) is 26.2 Å². The predicted molar refractivity (Wildman–Crippen MR) is 116 cm³/mol. The average Bonchev–Trinajstić information content (AvgIpc) is 3.16. The van der Waals surface area contributed by atoms with Gasteiger partial charge in [-0.15, -0.1) is 0 Å². The first-order chi connectivity index (χ1) is 13.1. The Morgan fingerprint density at radius 2 is 1.81 bits per heavy atom. The van der Waals surface area contributed by atoms with E-state index in [2.05, 4.69) is 55.4 Å². The number of unbranched alkanes of at least 4 members (excludes halogenated alkanes) is 4. The highest BCUT2D eigenvalue weighted by Gasteiger charge is 2.21. The summed E-state index contributed by atoms with van der Waals surface area (Å²) in [5, 5.41) is 4.60. The molecule has 1 aromatic heterocycles. The lowest BCUT2D eigenvalue weighted by Gasteiger charge is -2.36. The zero-order valence-electron chi connectivity index (χ0n) is 17.6. The van der Waals surface area contributed by atoms with Crippen LogP contribution in [0.25, 0.3) is 0 Å². The second-order valence-corrected chi connectivity index (χ2v) is 8.10. The molecule has 1 aliphatic rings. The lowest BCUT2D eigenvalue weighted by Crippen LogP contribution is -2.52. The highest BCUT2D eigenvalue weighted by atomic mass is 32.1. The maximum atomic E-state index is 4.61. The Bertz CT molecular complexity index is 550. The van der Waals surface area contributed by atoms with E-state index in [0.29, 0.717) is 0 Å². The topological polar surface area (TPSA) is 59.9 Å². The van der Waals surface area contributed by atoms with Gasteiger partial charge < -0.3 is 20.0 Å². The smallest absolute Gasteiger partial charge is 0.205 e. The van der Waals surface area contributed by atoms with Crippen LogP contribution in [0, 0.1) is 0 Å². The second kappa shape index (κ2) is 12.1. The molecular formula is C19H37N7S. The first-order valence-corrected chi connectivity index (χ1v) is 11.1. The fourth-order valence-corrected chi connectivity index (χ4v) is 4.04. The molecule has 1 aliphatic heterocycles. The average molecular weight is 396 g/mol. The van der Waals surface area contributed by atoms with Crippen LogP contribution < -0.4 is 10.2 Å². The molecule has 7 nitrogen and oxygen atoms in total. The first-order valence-electron chi connectivity index (χ1n) is 10.3. The third-order valence-corrected chi connectivity index (χ3v) is 5.72. The van der Waals surface area contributed by atoms with Crippen molar-refractivity contribution in [3.8, 4) is 0 Å². The molecule has 8 heteroatoms. The summed E-state index contributed by atoms with van der Waals surface area (Å²) in [6.07, 6.45) is 7.38. The van der Waals surface area contributed by atoms with Gasteiger partial charge in [0.2, 0.25) is 5.13 Å². The van der Waals surface area contributed by atoms with Gasteiger partial charge in [-0.05, 0) is 33.5 Å². The fourth-order valence-electron chi connectivity index (χ4n) is 3.24. The van der Waals surface area contributed by atoms with E-state index in [4.69, 9.17) is 0 Å². The van der Waals surface area contributed by atoms with Crippen molar-refractivity contribution in [3.63, 3.8) is 0 Å². The number of nitrogens with one attached hydrogen (secondary N) is 1. The molecular weight excluding hydrogens is 358 g/mol. The van der Waals surface area contributed by atoms with Crippen LogP contribution >= 0.6 is 11.5 Å². The minimum absolute atomic E-state index is 0.905. The maximum absolute atomic E-state index is 4.61. The van der Waals surface area contributed by atoms with Crippen molar-refractivity contribution in [1.82, 2.24) is 24.5 Å². The number of hydrogen-bond donors (Lipinski definition) is 1. The van der Waals surface area contributed by atoms with E-state index in [1.54, 1.807) is 0 Å². The largest absolute Gasteiger partial charge is 0.356 e. The molecule has 2 heterocycles. The number of nitrogens with zero attached hydrogens (tertiary/aromatic N) is 6. The molecule has 154 valence electrons. The van der Waals surface area contributed by atoms with E-state index in [9.17, 15) is 0 Å². The number of guanidine groups is 1. The predicted octanol–water partition coefficient (Wildman–Crippen LogP) is 2.31. The van der Waals surface area contributed by atoms with Gasteiger partial charge in [0.15, 0.2) is 5.96 Å². The van der Waals surface area contributed by atoms with E-state index >= 15 is 0 Å². The Hall–Kier alpha value is -1.41. The molecule has 0 saturated carbocycles. The number of hydrogen-bond acceptors (Lipinski definition) is 6. The number of piperazine rings is 1. The molecule has 0 bridgehead atoms. The summed E-state index contributed by atoms with van der Waals surface area (Å²) in [5.41, 5.74) is 0. The number of aromatic nitrogens is 2. The van der Waals surface area contributed by atoms with Gasteiger partial charge in [-0.2, -0.15) is 4.37 Å². The molecule has 1 N–H and O–H groups in total. The van der Waals surface area contributed by atoms with Crippen molar-refractivity contribution >= 4 is 22.6 Å². The Kier molecular flexibility index (Phi) is 9.83. The van der Waals surface area contributed by atoms with Gasteiger partial charge in [0, 0.05) is 57.7 Å². The Balaban J connectivity index is 1.61. The van der Waals surface area contributed by atoms with Gasteiger partial charge in [-0.3, -0.25) is 4.99 Å². The quantitative estimate of drug-likeness (QED) is 0.373. The Labute approximate surface area is 169 Å². The molecule has 27 heavy (non-hydrogen) atoms. The molecule has 0 amide bonds. The molecule has 2 rings (SSSR count). The second-order valence-electron chi connectivity index (χ2n) is 7.37. The zero-order valence-corrected chi connectivity index (χ0v) is 18.4. The molecule has 0 spiro atoms. The number of aliphatic imine (C=N–C) groups is 1. The normalized spacial score (nSPS) is 15.7. The van der Waals surface area contributed by atoms with Crippen molar-refractivity contribution in [2.75, 3.05) is 65.3 Å². The zero-order chi connectivity index (χ0) is 19.5. The van der Waals surface area contributed by atoms with Crippen LogP contribution in [0.2, 0.25) is 0 Å². The van der Waals surface area contributed by atoms with Crippen LogP contribution in [0.4, 0.5) is 5.13 Å². The Morgan fingerprint density at radius 3 is 2.44 bits per heavy atom. The molecule has 0 aromatic carbocycles. The highest BCUT2D eigenvalue weighted by Crippen LogP contribution is 2.19. The van der Waals surface area contributed by atoms with E-state index < -0.39 is 0 Å². The number of rotatable bonds is 10. The van der Waals surface area contributed by atoms with Crippen LogP contribution in [-0.2, 0) is 6.42 Å². The third kappa shape index (κ3) is 7.62. The van der Waals surface area contributed by atoms with Crippen LogP contribution in [0.15, 0.2) is 4.99 Å². The van der Waals surface area contributed by atoms with Crippen molar-refractivity contribution in [2.45, 2.75) is 45.4 Å². The first kappa shape index (κ1) is 21.9. The van der Waals surface area contributed by atoms with Crippen LogP contribution in [0.1, 0.15) is 44.9 Å². The summed E-state index contributed by atoms with van der Waals surface area (Å²) in [5.74, 6) is 1.99. The van der Waals surface area contributed by atoms with Gasteiger partial charge in [-0.25, -0.2) is 4.98 Å². The summed E-state index contributed by atoms with van der Waals surface area (Å²) >= 11 is 1.52. The van der Waals surface area contributed by atoms with Crippen molar-refractivity contribution in [1.29, 1.82) is 0 Å². The van der Waals surface area contributed by atoms with E-state index in [1.807, 2.05) is 7.05 Å². The molecule has 1 fully saturated rings. The number of anilines is 1. The van der Waals surface area contributed by atoms with Gasteiger partial charge in [0.1, 0.15) is 5.82 Å². The van der Waals surface area contributed by atoms with Crippen molar-refractivity contribution < 1.29 is 0 Å². The standard InChI is InChI=1S/C19H37N7S/c1-5-17-22-19(27-23-17)26-15-13-25(14-16-26)18(20-2)21-11-9-7-6-8-10-12-24(3)4/h5-16H2,1-4H3,(H,20,21). The van der Waals surface area contributed by atoms with Crippen molar-refractivity contribution in [2.24, 2.45) is 4.99 Å². The van der Waals surface area contributed by atoms with Gasteiger partial charge in [0.25, 0.3) is 0 Å². The summed E-state index contributed by atoms with van der Waals surface area (Å²) in [6, 6.07) is 0. The summed E-state index contributed by atoms with van der Waals surface area (Å²) in [4.78, 5) is 16.0. The maximum Gasteiger partial charge on any atom is 0.205 e. The lowest BCUT2D eigenvalue weighted by atomic mass is 10.1. The molecule has 0 atom stereocenters. The van der Waals surface area contributed by atoms with Crippen molar-refractivity contribution in [3.05, 3.63) is 5.82 Å². The minimum atomic E-state index is 0.905. The summed E-state index contributed by atoms with van der Waals surface area (Å²) in [7, 11) is 6.17. The van der Waals surface area contributed by atoms with Crippen LogP contribution in [0.3, 0.4) is 0 Å². The molecule has 0 unspecified atom stereocenters. The van der Waals surface area contributed by atoms with Gasteiger partial charge in [0.05, 0.1) is 0 Å². The van der Waals surface area contributed by atoms with E-state index in [1.165, 1.54) is 50.2 Å². The molecule has 1 saturated heterocycles. The molecule has 1 aromatic rings. The summed E-state index contributed by atoms with van der Waals surface area (Å²) < 4.78 is 4.40. The highest BCUT2D eigenvalue weighted by molar-refractivity contribution is 7.09. The Morgan fingerprint density at radius 1 is 1.11 bits per heavy atom. The SMILES string of the molecule is CCc1nsc(N2CCN(C(=NC)NCCCCCCCN(C)C)CC2)n1. The van der Waals surface area contributed by atoms with Gasteiger partial charge >= 0.3 is 0 Å². The lowest BCUT2D eigenvalue weighted by molar-refractivity contribution is 0.371. The summed E-state index contributed by atoms with van der Waals surface area (Å²) in [6.45, 7) is 8.22. The van der Waals surface area contributed by atoms with Crippen LogP contribution in [-0.4, -0.2) is 85.5 Å². The number of aryl methyl sites for hydroxylation is 1. The fraction of sp³-hybridized carbons (Fsp3) is 0.842. The molecule has 0 radical (unpaired) electrons. The van der Waals surface area contributed by atoms with E-state index in [0.717, 1.165) is 56.1 Å². The minimum Gasteiger partial charge on any atom is -0.356 e. The monoisotopic (exact) mass is 395 g/mol. The third-order valence-electron chi connectivity index (χ3n) is 4.90. The van der Waals surface area contributed by atoms with Crippen LogP contribution in [0.5, 0.6) is 0 Å².